The summed E-state index contributed by atoms with van der Waals surface area (Å²) in [5.74, 6) is 5.15. The van der Waals surface area contributed by atoms with Crippen LogP contribution in [0.3, 0.4) is 0 Å². The Labute approximate surface area is 117 Å². The highest BCUT2D eigenvalue weighted by atomic mass is 16.2. The second-order valence-corrected chi connectivity index (χ2v) is 4.52. The van der Waals surface area contributed by atoms with Gasteiger partial charge >= 0.3 is 0 Å². The summed E-state index contributed by atoms with van der Waals surface area (Å²) in [6, 6.07) is 3.94. The van der Waals surface area contributed by atoms with E-state index >= 15 is 0 Å². The zero-order chi connectivity index (χ0) is 14.4. The summed E-state index contributed by atoms with van der Waals surface area (Å²) in [4.78, 5) is 18.3. The van der Waals surface area contributed by atoms with E-state index < -0.39 is 0 Å². The van der Waals surface area contributed by atoms with E-state index in [0.717, 1.165) is 12.8 Å². The summed E-state index contributed by atoms with van der Waals surface area (Å²) in [6.45, 7) is 0.179. The zero-order valence-corrected chi connectivity index (χ0v) is 11.0. The summed E-state index contributed by atoms with van der Waals surface area (Å²) < 4.78 is 0. The van der Waals surface area contributed by atoms with Crippen LogP contribution in [0, 0.1) is 23.2 Å². The first kappa shape index (κ1) is 14.0. The summed E-state index contributed by atoms with van der Waals surface area (Å²) >= 11 is 0. The largest absolute Gasteiger partial charge is 0.384 e. The monoisotopic (exact) mass is 269 g/mol. The number of hydrogen-bond acceptors (Lipinski definition) is 4. The van der Waals surface area contributed by atoms with Crippen molar-refractivity contribution < 1.29 is 9.90 Å². The van der Waals surface area contributed by atoms with E-state index in [1.54, 1.807) is 17.2 Å². The molecule has 0 unspecified atom stereocenters. The molecular weight excluding hydrogens is 254 g/mol. The molecule has 1 amide bonds. The van der Waals surface area contributed by atoms with Gasteiger partial charge in [-0.05, 0) is 18.9 Å². The third kappa shape index (κ3) is 3.34. The fraction of sp³-hybridized carbons (Fsp3) is 0.400. The number of amides is 1. The van der Waals surface area contributed by atoms with Gasteiger partial charge in [0.1, 0.15) is 6.61 Å². The molecule has 1 saturated carbocycles. The molecule has 1 aromatic heterocycles. The second kappa shape index (κ2) is 6.70. The van der Waals surface area contributed by atoms with Crippen LogP contribution in [-0.2, 0) is 0 Å². The molecule has 20 heavy (non-hydrogen) atoms. The number of pyridine rings is 1. The van der Waals surface area contributed by atoms with E-state index in [2.05, 4.69) is 22.9 Å². The van der Waals surface area contributed by atoms with Crippen molar-refractivity contribution in [2.75, 3.05) is 13.2 Å². The van der Waals surface area contributed by atoms with Crippen molar-refractivity contribution in [3.05, 3.63) is 29.6 Å². The molecule has 1 fully saturated rings. The molecule has 1 N–H and O–H groups in total. The minimum absolute atomic E-state index is 0.118. The number of nitriles is 1. The standard InChI is InChI=1S/C15H15N3O2/c16-7-2-9-18(13-4-5-13)15(20)14-6-8-17-11-12(14)3-1-10-19/h6,8,11,13,19H,2,4-5,9-10H2. The predicted molar refractivity (Wildman–Crippen MR) is 72.5 cm³/mol. The highest BCUT2D eigenvalue weighted by molar-refractivity contribution is 5.97. The van der Waals surface area contributed by atoms with Crippen LogP contribution in [0.25, 0.3) is 0 Å². The first-order valence-corrected chi connectivity index (χ1v) is 6.49. The van der Waals surface area contributed by atoms with E-state index in [9.17, 15) is 4.79 Å². The van der Waals surface area contributed by atoms with Gasteiger partial charge in [0.25, 0.3) is 5.91 Å². The molecular formula is C15H15N3O2. The van der Waals surface area contributed by atoms with E-state index in [0.29, 0.717) is 24.1 Å². The average Bonchev–Trinajstić information content (AvgIpc) is 3.30. The minimum atomic E-state index is -0.261. The normalized spacial score (nSPS) is 13.0. The lowest BCUT2D eigenvalue weighted by molar-refractivity contribution is 0.0746. The number of carbonyl (C=O) groups is 1. The fourth-order valence-electron chi connectivity index (χ4n) is 1.98. The summed E-state index contributed by atoms with van der Waals surface area (Å²) in [7, 11) is 0. The van der Waals surface area contributed by atoms with Gasteiger partial charge in [-0.15, -0.1) is 0 Å². The van der Waals surface area contributed by atoms with Gasteiger partial charge < -0.3 is 10.0 Å². The Kier molecular flexibility index (Phi) is 4.70. The average molecular weight is 269 g/mol. The molecule has 0 aromatic carbocycles. The van der Waals surface area contributed by atoms with Crippen molar-refractivity contribution in [2.24, 2.45) is 0 Å². The molecule has 1 aliphatic carbocycles. The topological polar surface area (TPSA) is 77.2 Å². The molecule has 5 heteroatoms. The second-order valence-electron chi connectivity index (χ2n) is 4.52. The van der Waals surface area contributed by atoms with Crippen LogP contribution in [0.1, 0.15) is 35.2 Å². The highest BCUT2D eigenvalue weighted by Crippen LogP contribution is 2.28. The SMILES string of the molecule is N#CCCN(C(=O)c1ccncc1C#CCO)C1CC1. The Morgan fingerprint density at radius 2 is 2.35 bits per heavy atom. The maximum atomic E-state index is 12.6. The Hall–Kier alpha value is -2.37. The minimum Gasteiger partial charge on any atom is -0.384 e. The maximum Gasteiger partial charge on any atom is 0.255 e. The molecule has 1 heterocycles. The van der Waals surface area contributed by atoms with Crippen molar-refractivity contribution in [1.82, 2.24) is 9.88 Å². The Balaban J connectivity index is 2.25. The number of hydrogen-bond donors (Lipinski definition) is 1. The molecule has 1 aliphatic rings. The van der Waals surface area contributed by atoms with Crippen molar-refractivity contribution in [1.29, 1.82) is 5.26 Å². The third-order valence-corrected chi connectivity index (χ3v) is 3.07. The first-order valence-electron chi connectivity index (χ1n) is 6.49. The van der Waals surface area contributed by atoms with Gasteiger partial charge in [0.2, 0.25) is 0 Å². The highest BCUT2D eigenvalue weighted by Gasteiger charge is 2.33. The first-order chi connectivity index (χ1) is 9.77. The van der Waals surface area contributed by atoms with Crippen LogP contribution in [-0.4, -0.2) is 40.1 Å². The van der Waals surface area contributed by atoms with Gasteiger partial charge in [-0.1, -0.05) is 11.8 Å². The number of nitrogens with zero attached hydrogens (tertiary/aromatic N) is 3. The van der Waals surface area contributed by atoms with Crippen LogP contribution in [0.5, 0.6) is 0 Å². The smallest absolute Gasteiger partial charge is 0.255 e. The van der Waals surface area contributed by atoms with Crippen LogP contribution >= 0.6 is 0 Å². The summed E-state index contributed by atoms with van der Waals surface area (Å²) in [5, 5.41) is 17.4. The molecule has 0 bridgehead atoms. The van der Waals surface area contributed by atoms with Gasteiger partial charge in [-0.3, -0.25) is 9.78 Å². The molecule has 0 radical (unpaired) electrons. The van der Waals surface area contributed by atoms with E-state index in [1.165, 1.54) is 6.20 Å². The van der Waals surface area contributed by atoms with Gasteiger partial charge in [-0.25, -0.2) is 0 Å². The van der Waals surface area contributed by atoms with Crippen molar-refractivity contribution >= 4 is 5.91 Å². The molecule has 5 nitrogen and oxygen atoms in total. The quantitative estimate of drug-likeness (QED) is 0.825. The van der Waals surface area contributed by atoms with Crippen molar-refractivity contribution in [2.45, 2.75) is 25.3 Å². The van der Waals surface area contributed by atoms with Gasteiger partial charge in [-0.2, -0.15) is 5.26 Å². The molecule has 0 saturated heterocycles. The summed E-state index contributed by atoms with van der Waals surface area (Å²) in [5.41, 5.74) is 0.986. The molecule has 102 valence electrons. The van der Waals surface area contributed by atoms with Gasteiger partial charge in [0.05, 0.1) is 23.6 Å². The number of carbonyl (C=O) groups excluding carboxylic acids is 1. The molecule has 1 aromatic rings. The van der Waals surface area contributed by atoms with Crippen molar-refractivity contribution in [3.8, 4) is 17.9 Å². The molecule has 0 spiro atoms. The lowest BCUT2D eigenvalue weighted by atomic mass is 10.1. The number of aliphatic hydroxyl groups excluding tert-OH is 1. The molecule has 2 rings (SSSR count). The third-order valence-electron chi connectivity index (χ3n) is 3.07. The van der Waals surface area contributed by atoms with Crippen LogP contribution in [0.4, 0.5) is 0 Å². The van der Waals surface area contributed by atoms with Crippen molar-refractivity contribution in [3.63, 3.8) is 0 Å². The maximum absolute atomic E-state index is 12.6. The number of rotatable bonds is 4. The van der Waals surface area contributed by atoms with E-state index in [1.807, 2.05) is 0 Å². The lowest BCUT2D eigenvalue weighted by Gasteiger charge is -2.21. The fourth-order valence-corrected chi connectivity index (χ4v) is 1.98. The Morgan fingerprint density at radius 1 is 1.55 bits per heavy atom. The summed E-state index contributed by atoms with van der Waals surface area (Å²) in [6.07, 6.45) is 5.36. The van der Waals surface area contributed by atoms with E-state index in [4.69, 9.17) is 10.4 Å². The van der Waals surface area contributed by atoms with E-state index in [-0.39, 0.29) is 18.6 Å². The Morgan fingerprint density at radius 3 is 3.00 bits per heavy atom. The van der Waals surface area contributed by atoms with Crippen LogP contribution in [0.2, 0.25) is 0 Å². The van der Waals surface area contributed by atoms with Crippen LogP contribution in [0.15, 0.2) is 18.5 Å². The molecule has 0 atom stereocenters. The number of aromatic nitrogens is 1. The lowest BCUT2D eigenvalue weighted by Crippen LogP contribution is -2.34. The van der Waals surface area contributed by atoms with Gasteiger partial charge in [0, 0.05) is 25.0 Å². The molecule has 0 aliphatic heterocycles. The zero-order valence-electron chi connectivity index (χ0n) is 11.0. The van der Waals surface area contributed by atoms with Crippen LogP contribution < -0.4 is 0 Å². The van der Waals surface area contributed by atoms with Gasteiger partial charge in [0.15, 0.2) is 0 Å². The Bertz CT molecular complexity index is 591. The number of aliphatic hydroxyl groups is 1. The predicted octanol–water partition coefficient (Wildman–Crippen LogP) is 0.944.